The van der Waals surface area contributed by atoms with Gasteiger partial charge in [0.1, 0.15) is 0 Å². The molecule has 0 saturated heterocycles. The summed E-state index contributed by atoms with van der Waals surface area (Å²) in [4.78, 5) is 34.8. The standard InChI is InChI=1S/C20H28O5/c1-2-3-4-5-6-10-13-18(23)19(24)25-20(15-21,16-22)14-17-11-8-7-9-12-17/h7-9,11-12,15-16,18,23H,2-6,10,13-14H2,1H3. The molecule has 25 heavy (non-hydrogen) atoms. The van der Waals surface area contributed by atoms with Crippen molar-refractivity contribution in [1.82, 2.24) is 0 Å². The quantitative estimate of drug-likeness (QED) is 0.256. The van der Waals surface area contributed by atoms with Gasteiger partial charge in [-0.15, -0.1) is 0 Å². The molecule has 1 atom stereocenters. The second-order valence-electron chi connectivity index (χ2n) is 6.35. The smallest absolute Gasteiger partial charge is 0.336 e. The molecule has 1 aromatic rings. The SMILES string of the molecule is CCCCCCCCC(O)C(=O)OC(C=O)(C=O)Cc1ccccc1. The van der Waals surface area contributed by atoms with Crippen molar-refractivity contribution in [3.63, 3.8) is 0 Å². The van der Waals surface area contributed by atoms with E-state index in [2.05, 4.69) is 6.92 Å². The van der Waals surface area contributed by atoms with Gasteiger partial charge >= 0.3 is 5.97 Å². The van der Waals surface area contributed by atoms with Gasteiger partial charge in [-0.2, -0.15) is 0 Å². The molecule has 1 N–H and O–H groups in total. The molecule has 0 bridgehead atoms. The van der Waals surface area contributed by atoms with Gasteiger partial charge in [0.25, 0.3) is 0 Å². The second kappa shape index (κ2) is 11.5. The zero-order valence-electron chi connectivity index (χ0n) is 14.9. The topological polar surface area (TPSA) is 80.7 Å². The number of aliphatic hydroxyl groups excluding tert-OH is 1. The highest BCUT2D eigenvalue weighted by Crippen LogP contribution is 2.17. The third kappa shape index (κ3) is 7.61. The van der Waals surface area contributed by atoms with Gasteiger partial charge in [0.05, 0.1) is 0 Å². The molecule has 0 fully saturated rings. The lowest BCUT2D eigenvalue weighted by molar-refractivity contribution is -0.172. The van der Waals surface area contributed by atoms with E-state index < -0.39 is 17.7 Å². The van der Waals surface area contributed by atoms with E-state index in [1.807, 2.05) is 6.07 Å². The predicted octanol–water partition coefficient (Wildman–Crippen LogP) is 3.02. The van der Waals surface area contributed by atoms with Crippen LogP contribution in [-0.2, 0) is 25.5 Å². The van der Waals surface area contributed by atoms with Crippen LogP contribution in [0.1, 0.15) is 57.4 Å². The number of aliphatic hydroxyl groups is 1. The molecule has 1 rings (SSSR count). The minimum absolute atomic E-state index is 0.0453. The molecular formula is C20H28O5. The van der Waals surface area contributed by atoms with Crippen LogP contribution in [0.4, 0.5) is 0 Å². The van der Waals surface area contributed by atoms with Gasteiger partial charge in [-0.25, -0.2) is 4.79 Å². The summed E-state index contributed by atoms with van der Waals surface area (Å²) in [7, 11) is 0. The van der Waals surface area contributed by atoms with Gasteiger partial charge in [-0.1, -0.05) is 75.8 Å². The number of rotatable bonds is 13. The van der Waals surface area contributed by atoms with E-state index in [1.165, 1.54) is 6.42 Å². The molecule has 5 nitrogen and oxygen atoms in total. The van der Waals surface area contributed by atoms with Crippen molar-refractivity contribution in [1.29, 1.82) is 0 Å². The maximum absolute atomic E-state index is 12.0. The van der Waals surface area contributed by atoms with Crippen LogP contribution in [0.2, 0.25) is 0 Å². The van der Waals surface area contributed by atoms with Crippen molar-refractivity contribution in [3.05, 3.63) is 35.9 Å². The Balaban J connectivity index is 2.52. The van der Waals surface area contributed by atoms with E-state index in [0.29, 0.717) is 24.6 Å². The lowest BCUT2D eigenvalue weighted by atomic mass is 9.97. The van der Waals surface area contributed by atoms with Gasteiger partial charge in [0, 0.05) is 6.42 Å². The highest BCUT2D eigenvalue weighted by atomic mass is 16.6. The Morgan fingerprint density at radius 3 is 2.28 bits per heavy atom. The van der Waals surface area contributed by atoms with Crippen molar-refractivity contribution < 1.29 is 24.2 Å². The number of esters is 1. The normalized spacial score (nSPS) is 12.4. The molecular weight excluding hydrogens is 320 g/mol. The second-order valence-corrected chi connectivity index (χ2v) is 6.35. The van der Waals surface area contributed by atoms with Crippen LogP contribution >= 0.6 is 0 Å². The zero-order chi connectivity index (χ0) is 18.5. The summed E-state index contributed by atoms with van der Waals surface area (Å²) in [6.45, 7) is 2.14. The fraction of sp³-hybridized carbons (Fsp3) is 0.550. The summed E-state index contributed by atoms with van der Waals surface area (Å²) in [5.74, 6) is -0.927. The molecule has 0 heterocycles. The molecule has 0 aromatic heterocycles. The fourth-order valence-electron chi connectivity index (χ4n) is 2.60. The number of hydrogen-bond acceptors (Lipinski definition) is 5. The fourth-order valence-corrected chi connectivity index (χ4v) is 2.60. The molecule has 0 saturated carbocycles. The van der Waals surface area contributed by atoms with E-state index >= 15 is 0 Å². The van der Waals surface area contributed by atoms with Crippen LogP contribution in [0.5, 0.6) is 0 Å². The molecule has 0 aliphatic heterocycles. The third-order valence-corrected chi connectivity index (χ3v) is 4.12. The average molecular weight is 348 g/mol. The van der Waals surface area contributed by atoms with Crippen LogP contribution in [-0.4, -0.2) is 35.4 Å². The molecule has 0 amide bonds. The summed E-state index contributed by atoms with van der Waals surface area (Å²) in [6, 6.07) is 8.82. The Morgan fingerprint density at radius 1 is 1.08 bits per heavy atom. The number of carbonyl (C=O) groups excluding carboxylic acids is 3. The van der Waals surface area contributed by atoms with Gasteiger partial charge in [0.15, 0.2) is 18.7 Å². The minimum Gasteiger partial charge on any atom is -0.441 e. The van der Waals surface area contributed by atoms with Crippen molar-refractivity contribution in [3.8, 4) is 0 Å². The molecule has 0 spiro atoms. The van der Waals surface area contributed by atoms with Crippen LogP contribution < -0.4 is 0 Å². The van der Waals surface area contributed by atoms with Crippen LogP contribution in [0.3, 0.4) is 0 Å². The number of benzene rings is 1. The summed E-state index contributed by atoms with van der Waals surface area (Å²) in [6.07, 6.45) is 5.74. The Kier molecular flexibility index (Phi) is 9.70. The third-order valence-electron chi connectivity index (χ3n) is 4.12. The summed E-state index contributed by atoms with van der Waals surface area (Å²) in [5, 5.41) is 9.93. The van der Waals surface area contributed by atoms with E-state index in [1.54, 1.807) is 24.3 Å². The van der Waals surface area contributed by atoms with Crippen LogP contribution in [0, 0.1) is 0 Å². The van der Waals surface area contributed by atoms with Gasteiger partial charge < -0.3 is 9.84 Å². The highest BCUT2D eigenvalue weighted by molar-refractivity contribution is 5.92. The Labute approximate surface area is 149 Å². The summed E-state index contributed by atoms with van der Waals surface area (Å²) >= 11 is 0. The van der Waals surface area contributed by atoms with Crippen molar-refractivity contribution >= 4 is 18.5 Å². The number of carbonyl (C=O) groups is 3. The lowest BCUT2D eigenvalue weighted by Gasteiger charge is -2.23. The zero-order valence-corrected chi connectivity index (χ0v) is 14.9. The van der Waals surface area contributed by atoms with E-state index in [0.717, 1.165) is 25.7 Å². The van der Waals surface area contributed by atoms with Crippen molar-refractivity contribution in [2.75, 3.05) is 0 Å². The largest absolute Gasteiger partial charge is 0.441 e. The van der Waals surface area contributed by atoms with E-state index in [-0.39, 0.29) is 12.8 Å². The Morgan fingerprint density at radius 2 is 1.68 bits per heavy atom. The molecule has 1 aromatic carbocycles. The predicted molar refractivity (Wildman–Crippen MR) is 95.1 cm³/mol. The van der Waals surface area contributed by atoms with Crippen molar-refractivity contribution in [2.45, 2.75) is 70.0 Å². The number of hydrogen-bond donors (Lipinski definition) is 1. The highest BCUT2D eigenvalue weighted by Gasteiger charge is 2.36. The molecule has 1 unspecified atom stereocenters. The summed E-state index contributed by atoms with van der Waals surface area (Å²) < 4.78 is 5.07. The number of aldehydes is 2. The first-order valence-electron chi connectivity index (χ1n) is 8.94. The first-order chi connectivity index (χ1) is 12.1. The first-order valence-corrected chi connectivity index (χ1v) is 8.94. The van der Waals surface area contributed by atoms with Crippen LogP contribution in [0.15, 0.2) is 30.3 Å². The average Bonchev–Trinajstić information content (AvgIpc) is 2.64. The molecule has 5 heteroatoms. The number of ether oxygens (including phenoxy) is 1. The van der Waals surface area contributed by atoms with Gasteiger partial charge in [-0.3, -0.25) is 9.59 Å². The molecule has 138 valence electrons. The maximum atomic E-state index is 12.0. The van der Waals surface area contributed by atoms with Gasteiger partial charge in [-0.05, 0) is 12.0 Å². The maximum Gasteiger partial charge on any atom is 0.336 e. The minimum atomic E-state index is -1.89. The first kappa shape index (κ1) is 21.0. The Bertz CT molecular complexity index is 518. The van der Waals surface area contributed by atoms with Gasteiger partial charge in [0.2, 0.25) is 5.60 Å². The molecule has 0 aliphatic rings. The molecule has 0 aliphatic carbocycles. The lowest BCUT2D eigenvalue weighted by Crippen LogP contribution is -2.43. The van der Waals surface area contributed by atoms with Crippen molar-refractivity contribution in [2.24, 2.45) is 0 Å². The van der Waals surface area contributed by atoms with Crippen LogP contribution in [0.25, 0.3) is 0 Å². The Hall–Kier alpha value is -2.01. The molecule has 0 radical (unpaired) electrons. The van der Waals surface area contributed by atoms with E-state index in [9.17, 15) is 19.5 Å². The summed E-state index contributed by atoms with van der Waals surface area (Å²) in [5.41, 5.74) is -1.19. The van der Waals surface area contributed by atoms with E-state index in [4.69, 9.17) is 4.74 Å². The number of unbranched alkanes of at least 4 members (excludes halogenated alkanes) is 5. The monoisotopic (exact) mass is 348 g/mol.